The Morgan fingerprint density at radius 1 is 1.00 bits per heavy atom. The molecule has 1 heterocycles. The van der Waals surface area contributed by atoms with Crippen LogP contribution in [0.15, 0.2) is 0 Å². The van der Waals surface area contributed by atoms with E-state index in [0.717, 1.165) is 0 Å². The van der Waals surface area contributed by atoms with Crippen molar-refractivity contribution >= 4 is 0 Å². The van der Waals surface area contributed by atoms with Crippen molar-refractivity contribution < 1.29 is 5.48 Å². The molecule has 0 radical (unpaired) electrons. The lowest BCUT2D eigenvalue weighted by Gasteiger charge is -2.26. The molecule has 1 saturated heterocycles. The van der Waals surface area contributed by atoms with Crippen LogP contribution in [0, 0.1) is 0 Å². The van der Waals surface area contributed by atoms with Crippen LogP contribution in [0.25, 0.3) is 0 Å². The molecule has 0 bridgehead atoms. The summed E-state index contributed by atoms with van der Waals surface area (Å²) in [5.74, 6) is 0. The van der Waals surface area contributed by atoms with Gasteiger partial charge < -0.3 is 10.4 Å². The Kier molecular flexibility index (Phi) is 7.51. The zero-order valence-corrected chi connectivity index (χ0v) is 8.31. The summed E-state index contributed by atoms with van der Waals surface area (Å²) in [6, 6.07) is 0. The second-order valence-corrected chi connectivity index (χ2v) is 3.61. The van der Waals surface area contributed by atoms with Crippen LogP contribution in [0.2, 0.25) is 0 Å². The molecule has 0 atom stereocenters. The summed E-state index contributed by atoms with van der Waals surface area (Å²) in [4.78, 5) is 2.62. The molecule has 0 spiro atoms. The molecule has 0 amide bonds. The lowest BCUT2D eigenvalue weighted by molar-refractivity contribution is 0.224. The molecule has 0 unspecified atom stereocenters. The topological polar surface area (TPSA) is 34.7 Å². The highest BCUT2D eigenvalue weighted by molar-refractivity contribution is 4.63. The van der Waals surface area contributed by atoms with Crippen molar-refractivity contribution in [2.75, 3.05) is 19.6 Å². The van der Waals surface area contributed by atoms with Gasteiger partial charge in [0.25, 0.3) is 0 Å². The fourth-order valence-electron chi connectivity index (χ4n) is 1.77. The second-order valence-electron chi connectivity index (χ2n) is 3.61. The maximum atomic E-state index is 2.62. The molecule has 0 saturated carbocycles. The molecule has 12 heavy (non-hydrogen) atoms. The Morgan fingerprint density at radius 2 is 1.67 bits per heavy atom. The highest BCUT2D eigenvalue weighted by Crippen LogP contribution is 2.09. The molecule has 1 aliphatic heterocycles. The van der Waals surface area contributed by atoms with Gasteiger partial charge in [0.05, 0.1) is 0 Å². The van der Waals surface area contributed by atoms with E-state index < -0.39 is 0 Å². The van der Waals surface area contributed by atoms with Crippen LogP contribution in [0.3, 0.4) is 0 Å². The van der Waals surface area contributed by atoms with E-state index >= 15 is 0 Å². The molecular weight excluding hydrogens is 150 g/mol. The molecular formula is C10H23NO. The summed E-state index contributed by atoms with van der Waals surface area (Å²) >= 11 is 0. The highest BCUT2D eigenvalue weighted by Gasteiger charge is 2.08. The van der Waals surface area contributed by atoms with Crippen LogP contribution in [0.5, 0.6) is 0 Å². The van der Waals surface area contributed by atoms with E-state index in [-0.39, 0.29) is 5.48 Å². The number of hydrogen-bond donors (Lipinski definition) is 0. The molecule has 0 aromatic carbocycles. The molecule has 1 rings (SSSR count). The van der Waals surface area contributed by atoms with Crippen molar-refractivity contribution in [3.8, 4) is 0 Å². The summed E-state index contributed by atoms with van der Waals surface area (Å²) < 4.78 is 0. The van der Waals surface area contributed by atoms with Crippen LogP contribution in [0.4, 0.5) is 0 Å². The third kappa shape index (κ3) is 4.73. The molecule has 1 fully saturated rings. The molecule has 74 valence electrons. The SMILES string of the molecule is CCCCCN1CCCCC1.O. The molecule has 2 nitrogen and oxygen atoms in total. The number of likely N-dealkylation sites (tertiary alicyclic amines) is 1. The van der Waals surface area contributed by atoms with E-state index in [0.29, 0.717) is 0 Å². The number of nitrogens with zero attached hydrogens (tertiary/aromatic N) is 1. The van der Waals surface area contributed by atoms with Crippen molar-refractivity contribution in [3.05, 3.63) is 0 Å². The van der Waals surface area contributed by atoms with Crippen LogP contribution < -0.4 is 0 Å². The predicted octanol–water partition coefficient (Wildman–Crippen LogP) is 1.84. The van der Waals surface area contributed by atoms with E-state index in [2.05, 4.69) is 11.8 Å². The Balaban J connectivity index is 0.00000121. The first-order chi connectivity index (χ1) is 5.43. The van der Waals surface area contributed by atoms with Crippen LogP contribution in [-0.4, -0.2) is 30.0 Å². The number of unbranched alkanes of at least 4 members (excludes halogenated alkanes) is 2. The number of piperidine rings is 1. The van der Waals surface area contributed by atoms with Gasteiger partial charge in [-0.3, -0.25) is 0 Å². The molecule has 0 aliphatic carbocycles. The van der Waals surface area contributed by atoms with Crippen LogP contribution in [0.1, 0.15) is 45.4 Å². The lowest BCUT2D eigenvalue weighted by Crippen LogP contribution is -2.30. The molecule has 2 N–H and O–H groups in total. The minimum absolute atomic E-state index is 0. The first kappa shape index (κ1) is 11.9. The predicted molar refractivity (Wildman–Crippen MR) is 53.4 cm³/mol. The van der Waals surface area contributed by atoms with Gasteiger partial charge in [0.1, 0.15) is 0 Å². The Hall–Kier alpha value is -0.0800. The minimum Gasteiger partial charge on any atom is -0.412 e. The quantitative estimate of drug-likeness (QED) is 0.597. The van der Waals surface area contributed by atoms with Gasteiger partial charge in [0.15, 0.2) is 0 Å². The van der Waals surface area contributed by atoms with Crippen molar-refractivity contribution in [1.29, 1.82) is 0 Å². The second kappa shape index (κ2) is 7.56. The lowest BCUT2D eigenvalue weighted by atomic mass is 10.1. The third-order valence-corrected chi connectivity index (χ3v) is 2.53. The van der Waals surface area contributed by atoms with E-state index in [1.807, 2.05) is 0 Å². The molecule has 1 aliphatic rings. The average molecular weight is 173 g/mol. The van der Waals surface area contributed by atoms with Crippen molar-refractivity contribution in [2.45, 2.75) is 45.4 Å². The fourth-order valence-corrected chi connectivity index (χ4v) is 1.77. The van der Waals surface area contributed by atoms with E-state index in [9.17, 15) is 0 Å². The summed E-state index contributed by atoms with van der Waals surface area (Å²) in [6.45, 7) is 6.36. The van der Waals surface area contributed by atoms with E-state index in [1.54, 1.807) is 0 Å². The summed E-state index contributed by atoms with van der Waals surface area (Å²) in [5.41, 5.74) is 0. The van der Waals surface area contributed by atoms with E-state index in [1.165, 1.54) is 58.2 Å². The smallest absolute Gasteiger partial charge is 0.00187 e. The first-order valence-electron chi connectivity index (χ1n) is 5.16. The molecule has 0 aromatic heterocycles. The monoisotopic (exact) mass is 173 g/mol. The van der Waals surface area contributed by atoms with Crippen LogP contribution in [-0.2, 0) is 0 Å². The largest absolute Gasteiger partial charge is 0.412 e. The number of rotatable bonds is 4. The standard InChI is InChI=1S/C10H21N.H2O/c1-2-3-5-8-11-9-6-4-7-10-11;/h2-10H2,1H3;1H2. The zero-order chi connectivity index (χ0) is 7.94. The highest BCUT2D eigenvalue weighted by atomic mass is 16.0. The molecule has 2 heteroatoms. The van der Waals surface area contributed by atoms with Crippen molar-refractivity contribution in [3.63, 3.8) is 0 Å². The molecule has 0 aromatic rings. The van der Waals surface area contributed by atoms with Gasteiger partial charge in [-0.2, -0.15) is 0 Å². The maximum Gasteiger partial charge on any atom is -0.00187 e. The fraction of sp³-hybridized carbons (Fsp3) is 1.00. The van der Waals surface area contributed by atoms with Crippen LogP contribution >= 0.6 is 0 Å². The maximum absolute atomic E-state index is 2.62. The zero-order valence-electron chi connectivity index (χ0n) is 8.31. The minimum atomic E-state index is 0. The Morgan fingerprint density at radius 3 is 2.25 bits per heavy atom. The summed E-state index contributed by atoms with van der Waals surface area (Å²) in [5, 5.41) is 0. The Labute approximate surface area is 76.3 Å². The van der Waals surface area contributed by atoms with Gasteiger partial charge in [0.2, 0.25) is 0 Å². The summed E-state index contributed by atoms with van der Waals surface area (Å²) in [7, 11) is 0. The normalized spacial score (nSPS) is 18.8. The van der Waals surface area contributed by atoms with Gasteiger partial charge in [-0.1, -0.05) is 26.2 Å². The third-order valence-electron chi connectivity index (χ3n) is 2.53. The van der Waals surface area contributed by atoms with Gasteiger partial charge in [-0.25, -0.2) is 0 Å². The van der Waals surface area contributed by atoms with E-state index in [4.69, 9.17) is 0 Å². The summed E-state index contributed by atoms with van der Waals surface area (Å²) in [6.07, 6.45) is 8.52. The average Bonchev–Trinajstić information content (AvgIpc) is 2.07. The van der Waals surface area contributed by atoms with Gasteiger partial charge >= 0.3 is 0 Å². The van der Waals surface area contributed by atoms with Gasteiger partial charge in [-0.15, -0.1) is 0 Å². The van der Waals surface area contributed by atoms with Crippen molar-refractivity contribution in [2.24, 2.45) is 0 Å². The Bertz CT molecular complexity index is 89.8. The van der Waals surface area contributed by atoms with Gasteiger partial charge in [-0.05, 0) is 38.9 Å². The number of hydrogen-bond acceptors (Lipinski definition) is 1. The van der Waals surface area contributed by atoms with Crippen molar-refractivity contribution in [1.82, 2.24) is 4.90 Å². The first-order valence-corrected chi connectivity index (χ1v) is 5.16. The van der Waals surface area contributed by atoms with Gasteiger partial charge in [0, 0.05) is 0 Å².